The summed E-state index contributed by atoms with van der Waals surface area (Å²) >= 11 is 0. The van der Waals surface area contributed by atoms with Crippen LogP contribution in [0.15, 0.2) is 97.1 Å². The molecule has 0 radical (unpaired) electrons. The molecule has 0 bridgehead atoms. The van der Waals surface area contributed by atoms with Crippen molar-refractivity contribution in [1.82, 2.24) is 36.4 Å². The average Bonchev–Trinajstić information content (AvgIpc) is 2.67. The minimum atomic E-state index is -3.03. The Labute approximate surface area is 507 Å². The van der Waals surface area contributed by atoms with Crippen LogP contribution in [0.4, 0.5) is 4.70 Å². The number of carbonyl (C=O) groups excluding carboxylic acids is 7. The molecule has 3 heterocycles. The smallest absolute Gasteiger partial charge is 0.494 e. The van der Waals surface area contributed by atoms with Gasteiger partial charge in [0.2, 0.25) is 35.4 Å². The summed E-state index contributed by atoms with van der Waals surface area (Å²) in [6.45, 7) is 5.33. The summed E-state index contributed by atoms with van der Waals surface area (Å²) in [7, 11) is -3.03. The first-order chi connectivity index (χ1) is 40.9. The van der Waals surface area contributed by atoms with Crippen molar-refractivity contribution in [1.29, 1.82) is 0 Å². The maximum atomic E-state index is 14.5. The van der Waals surface area contributed by atoms with Crippen LogP contribution in [0.25, 0.3) is 22.3 Å². The highest BCUT2D eigenvalue weighted by molar-refractivity contribution is 7.33. The van der Waals surface area contributed by atoms with Crippen LogP contribution in [-0.4, -0.2) is 196 Å². The molecular weight excluding hydrogens is 1180 g/mol. The zero-order chi connectivity index (χ0) is 62.7. The Morgan fingerprint density at radius 1 is 0.659 bits per heavy atom. The molecule has 3 aliphatic rings. The van der Waals surface area contributed by atoms with Gasteiger partial charge in [0.1, 0.15) is 60.3 Å². The molecule has 7 amide bonds. The van der Waals surface area contributed by atoms with E-state index in [9.17, 15) is 79.0 Å². The van der Waals surface area contributed by atoms with Crippen LogP contribution in [0.5, 0.6) is 11.5 Å². The number of rotatable bonds is 17. The van der Waals surface area contributed by atoms with Crippen LogP contribution in [-0.2, 0) is 38.0 Å². The van der Waals surface area contributed by atoms with Gasteiger partial charge >= 0.3 is 8.25 Å². The van der Waals surface area contributed by atoms with Crippen molar-refractivity contribution in [3.05, 3.63) is 108 Å². The Kier molecular flexibility index (Phi) is 25.9. The molecule has 3 aliphatic heterocycles. The standard InChI is InChI=1S/C58H72N7O20P.CH4.FH/c1-5-6-7-24-83-39-20-16-35(17-21-39)33-10-8-32(9-11-33)34-12-14-37(15-13-34)51(73)59-41-26-43(69)54(76)63-56(78)47-48(70)29(2)27-65(47)58(80)45(31(4)67)61-55(77)46(50(72)49(71)36-18-22-40(23-19-36)84-86(82)85-81)62-53(75)42-25-38(68)28-64(42)57(79)44(30(3)66)60-52(41)74;;/h8-23,29-31,38,41-50,54,66-72,76H,5-7,24-28H2,1-4H3,(H5-,59,60,61,62,63,73,74,75,77,78,81);1H4;1H/p+1/t29-,30+,31+,38+,41?,42-,43+,44-,45-,46-,47-,48-,49-,50-,54+;;/m0../s1. The van der Waals surface area contributed by atoms with E-state index in [0.717, 1.165) is 89.6 Å². The van der Waals surface area contributed by atoms with E-state index in [-0.39, 0.29) is 29.0 Å². The Morgan fingerprint density at radius 2 is 1.17 bits per heavy atom. The van der Waals surface area contributed by atoms with Crippen molar-refractivity contribution < 1.29 is 103 Å². The molecule has 14 N–H and O–H groups in total. The number of carbonyl (C=O) groups is 7. The molecule has 0 aromatic heterocycles. The molecule has 7 rings (SSSR count). The summed E-state index contributed by atoms with van der Waals surface area (Å²) in [5.41, 5.74) is 3.22. The number of nitrogens with zero attached hydrogens (tertiary/aromatic N) is 2. The highest BCUT2D eigenvalue weighted by Gasteiger charge is 2.50. The first-order valence-electron chi connectivity index (χ1n) is 28.0. The zero-order valence-electron chi connectivity index (χ0n) is 47.8. The lowest BCUT2D eigenvalue weighted by molar-refractivity contribution is -0.148. The van der Waals surface area contributed by atoms with Crippen LogP contribution < -0.4 is 35.8 Å². The molecule has 3 fully saturated rings. The van der Waals surface area contributed by atoms with E-state index in [4.69, 9.17) is 14.5 Å². The zero-order valence-corrected chi connectivity index (χ0v) is 48.7. The topological polar surface area (TPSA) is 413 Å². The lowest BCUT2D eigenvalue weighted by Gasteiger charge is -2.34. The van der Waals surface area contributed by atoms with Crippen molar-refractivity contribution >= 4 is 49.6 Å². The summed E-state index contributed by atoms with van der Waals surface area (Å²) < 4.78 is 25.9. The van der Waals surface area contributed by atoms with E-state index in [1.807, 2.05) is 48.5 Å². The van der Waals surface area contributed by atoms with Gasteiger partial charge in [-0.2, -0.15) is 0 Å². The maximum Gasteiger partial charge on any atom is 0.781 e. The third kappa shape index (κ3) is 17.4. The molecule has 4 aromatic carbocycles. The van der Waals surface area contributed by atoms with Gasteiger partial charge < -0.3 is 82.0 Å². The number of amides is 7. The number of unbranched alkanes of at least 4 members (excludes halogenated alkanes) is 2. The van der Waals surface area contributed by atoms with Crippen molar-refractivity contribution in [2.45, 2.75) is 152 Å². The van der Waals surface area contributed by atoms with Crippen LogP contribution in [0.1, 0.15) is 89.3 Å². The lowest BCUT2D eigenvalue weighted by Crippen LogP contribution is -2.64. The van der Waals surface area contributed by atoms with Gasteiger partial charge in [-0.15, -0.1) is 0 Å². The molecule has 0 aliphatic carbocycles. The Bertz CT molecular complexity index is 3040. The van der Waals surface area contributed by atoms with E-state index >= 15 is 0 Å². The first-order valence-corrected chi connectivity index (χ1v) is 29.1. The van der Waals surface area contributed by atoms with Crippen LogP contribution in [0.2, 0.25) is 0 Å². The molecule has 3 saturated heterocycles. The number of aliphatic hydroxyl groups is 8. The number of halogens is 1. The van der Waals surface area contributed by atoms with E-state index in [1.54, 1.807) is 12.1 Å². The fourth-order valence-electron chi connectivity index (χ4n) is 10.4. The molecule has 29 heteroatoms. The fourth-order valence-corrected chi connectivity index (χ4v) is 10.7. The van der Waals surface area contributed by atoms with Crippen LogP contribution >= 0.6 is 8.25 Å². The largest absolute Gasteiger partial charge is 0.781 e. The fraction of sp³-hybridized carbons (Fsp3) is 0.475. The second-order valence-corrected chi connectivity index (χ2v) is 22.5. The van der Waals surface area contributed by atoms with Crippen molar-refractivity contribution in [2.24, 2.45) is 5.92 Å². The molecule has 0 saturated carbocycles. The van der Waals surface area contributed by atoms with Gasteiger partial charge in [-0.25, -0.2) is 9.78 Å². The molecule has 4 aromatic rings. The third-order valence-corrected chi connectivity index (χ3v) is 15.8. The summed E-state index contributed by atoms with van der Waals surface area (Å²) in [4.78, 5) is 102. The van der Waals surface area contributed by atoms with Gasteiger partial charge in [-0.05, 0) is 84.5 Å². The van der Waals surface area contributed by atoms with Crippen LogP contribution in [0, 0.1) is 5.92 Å². The summed E-state index contributed by atoms with van der Waals surface area (Å²) in [5, 5.41) is 110. The Hall–Kier alpha value is -7.60. The summed E-state index contributed by atoms with van der Waals surface area (Å²) in [6, 6.07) is 14.2. The number of nitrogens with one attached hydrogen (secondary N) is 5. The first kappa shape index (κ1) is 71.2. The van der Waals surface area contributed by atoms with E-state index < -0.39 is 167 Å². The minimum absolute atomic E-state index is 0. The number of aliphatic hydroxyl groups excluding tert-OH is 8. The average molecular weight is 1260 g/mol. The van der Waals surface area contributed by atoms with Crippen molar-refractivity contribution in [3.8, 4) is 33.8 Å². The molecule has 480 valence electrons. The Balaban J connectivity index is 0.00000705. The van der Waals surface area contributed by atoms with Gasteiger partial charge in [0.15, 0.2) is 12.0 Å². The third-order valence-electron chi connectivity index (χ3n) is 15.3. The summed E-state index contributed by atoms with van der Waals surface area (Å²) in [6.07, 6.45) is -14.1. The minimum Gasteiger partial charge on any atom is -0.494 e. The molecular formula is C59H78FN7O20P+. The second-order valence-electron chi connectivity index (χ2n) is 21.7. The molecule has 16 atom stereocenters. The van der Waals surface area contributed by atoms with Gasteiger partial charge in [-0.3, -0.25) is 38.3 Å². The molecule has 2 unspecified atom stereocenters. The maximum absolute atomic E-state index is 14.5. The molecule has 27 nitrogen and oxygen atoms in total. The second kappa shape index (κ2) is 32.0. The Morgan fingerprint density at radius 3 is 1.72 bits per heavy atom. The SMILES string of the molecule is C.CCCCCOc1ccc(-c2ccc(-c3ccc(C(=O)NC4C[C@@H](O)[C@@H](O)NC(=O)[C@@H]5[C@@H](O)[C@@H](C)CN5C(=O)[C@H]([C@@H](C)O)NC(=O)[C@H]([C@H](O)[C@@H](O)c5ccc(O[P+](=O)OO)cc5)NC(=O)[C@@H]5C[C@@H](O)CN5C(=O)[C@H]([C@@H](C)O)NC4=O)cc3)cc2)cc1.F. The lowest BCUT2D eigenvalue weighted by atomic mass is 9.96. The van der Waals surface area contributed by atoms with Gasteiger partial charge in [0.05, 0.1) is 35.7 Å². The number of benzene rings is 4. The van der Waals surface area contributed by atoms with E-state index in [2.05, 4.69) is 38.2 Å². The van der Waals surface area contributed by atoms with Gasteiger partial charge in [0.25, 0.3) is 5.91 Å². The van der Waals surface area contributed by atoms with Crippen molar-refractivity contribution in [3.63, 3.8) is 0 Å². The van der Waals surface area contributed by atoms with Crippen LogP contribution in [0.3, 0.4) is 0 Å². The van der Waals surface area contributed by atoms with E-state index in [0.29, 0.717) is 12.2 Å². The normalized spacial score (nSPS) is 26.3. The monoisotopic (exact) mass is 1250 g/mol. The van der Waals surface area contributed by atoms with Gasteiger partial charge in [0, 0.05) is 42.0 Å². The number of hydrogen-bond donors (Lipinski definition) is 14. The van der Waals surface area contributed by atoms with E-state index in [1.165, 1.54) is 19.1 Å². The van der Waals surface area contributed by atoms with Crippen molar-refractivity contribution in [2.75, 3.05) is 19.7 Å². The molecule has 0 spiro atoms. The molecule has 88 heavy (non-hydrogen) atoms. The van der Waals surface area contributed by atoms with Gasteiger partial charge in [-0.1, -0.05) is 94.8 Å². The predicted octanol–water partition coefficient (Wildman–Crippen LogP) is 0.682. The quantitative estimate of drug-likeness (QED) is 0.0299. The predicted molar refractivity (Wildman–Crippen MR) is 313 cm³/mol. The highest BCUT2D eigenvalue weighted by Crippen LogP contribution is 2.32. The number of fused-ring (bicyclic) bond motifs is 2. The highest BCUT2D eigenvalue weighted by atomic mass is 31.1. The number of ether oxygens (including phenoxy) is 1. The summed E-state index contributed by atoms with van der Waals surface area (Å²) in [5.74, 6) is -8.87. The number of hydrogen-bond acceptors (Lipinski definition) is 20.